The molecule has 0 aliphatic heterocycles. The van der Waals surface area contributed by atoms with Crippen molar-refractivity contribution < 1.29 is 19.5 Å². The lowest BCUT2D eigenvalue weighted by molar-refractivity contribution is 0.0720. The Hall–Kier alpha value is -0.763. The van der Waals surface area contributed by atoms with Gasteiger partial charge in [-0.2, -0.15) is 0 Å². The molecule has 108 valence electrons. The first kappa shape index (κ1) is 16.3. The molecule has 1 aromatic rings. The summed E-state index contributed by atoms with van der Waals surface area (Å²) in [6.45, 7) is 2.50. The van der Waals surface area contributed by atoms with Crippen LogP contribution in [0.3, 0.4) is 0 Å². The Bertz CT molecular complexity index is 369. The second-order valence-corrected chi connectivity index (χ2v) is 7.00. The molecule has 6 heteroatoms. The SMILES string of the molecule is C[C@@H]([C@H](O)c1ccccc1)N(C)CCC[Si](O)(O)O. The Morgan fingerprint density at radius 2 is 1.74 bits per heavy atom. The van der Waals surface area contributed by atoms with Crippen molar-refractivity contribution in [1.82, 2.24) is 4.90 Å². The van der Waals surface area contributed by atoms with Gasteiger partial charge in [0, 0.05) is 12.1 Å². The Labute approximate surface area is 115 Å². The number of aliphatic hydroxyl groups is 1. The lowest BCUT2D eigenvalue weighted by Crippen LogP contribution is -2.38. The lowest BCUT2D eigenvalue weighted by Gasteiger charge is -2.29. The number of hydrogen-bond acceptors (Lipinski definition) is 5. The zero-order valence-electron chi connectivity index (χ0n) is 11.4. The van der Waals surface area contributed by atoms with Crippen LogP contribution in [0.15, 0.2) is 30.3 Å². The van der Waals surface area contributed by atoms with Crippen molar-refractivity contribution in [2.45, 2.75) is 31.5 Å². The molecule has 0 saturated heterocycles. The van der Waals surface area contributed by atoms with Crippen LogP contribution >= 0.6 is 0 Å². The van der Waals surface area contributed by atoms with Crippen LogP contribution in [0.5, 0.6) is 0 Å². The quantitative estimate of drug-likeness (QED) is 0.543. The highest BCUT2D eigenvalue weighted by molar-refractivity contribution is 6.56. The van der Waals surface area contributed by atoms with Crippen LogP contribution in [0, 0.1) is 0 Å². The lowest BCUT2D eigenvalue weighted by atomic mass is 10.0. The average Bonchev–Trinajstić information content (AvgIpc) is 2.36. The van der Waals surface area contributed by atoms with Crippen LogP contribution in [0.1, 0.15) is 25.0 Å². The fourth-order valence-corrected chi connectivity index (χ4v) is 2.57. The highest BCUT2D eigenvalue weighted by Gasteiger charge is 2.27. The van der Waals surface area contributed by atoms with Gasteiger partial charge in [-0.1, -0.05) is 30.3 Å². The van der Waals surface area contributed by atoms with Crippen LogP contribution < -0.4 is 0 Å². The molecule has 0 aromatic heterocycles. The summed E-state index contributed by atoms with van der Waals surface area (Å²) in [7, 11) is -2.07. The van der Waals surface area contributed by atoms with E-state index in [0.29, 0.717) is 13.0 Å². The van der Waals surface area contributed by atoms with Gasteiger partial charge in [-0.15, -0.1) is 0 Å². The summed E-state index contributed by atoms with van der Waals surface area (Å²) in [5.41, 5.74) is 0.858. The first-order valence-electron chi connectivity index (χ1n) is 6.41. The van der Waals surface area contributed by atoms with Gasteiger partial charge in [-0.05, 0) is 32.5 Å². The molecule has 0 bridgehead atoms. The maximum absolute atomic E-state index is 10.2. The first-order valence-corrected chi connectivity index (χ1v) is 8.46. The monoisotopic (exact) mass is 285 g/mol. The van der Waals surface area contributed by atoms with Crippen LogP contribution in [0.4, 0.5) is 0 Å². The van der Waals surface area contributed by atoms with Crippen molar-refractivity contribution in [1.29, 1.82) is 0 Å². The van der Waals surface area contributed by atoms with E-state index in [-0.39, 0.29) is 12.1 Å². The van der Waals surface area contributed by atoms with Crippen molar-refractivity contribution in [3.63, 3.8) is 0 Å². The molecule has 0 radical (unpaired) electrons. The molecule has 1 aromatic carbocycles. The second-order valence-electron chi connectivity index (χ2n) is 4.95. The third kappa shape index (κ3) is 5.81. The van der Waals surface area contributed by atoms with Gasteiger partial charge in [0.25, 0.3) is 0 Å². The molecular weight excluding hydrogens is 262 g/mol. The predicted molar refractivity (Wildman–Crippen MR) is 75.3 cm³/mol. The molecule has 0 fully saturated rings. The molecule has 0 aliphatic rings. The molecule has 0 aliphatic carbocycles. The van der Waals surface area contributed by atoms with Crippen molar-refractivity contribution >= 4 is 8.80 Å². The van der Waals surface area contributed by atoms with E-state index in [9.17, 15) is 5.11 Å². The maximum Gasteiger partial charge on any atom is 0.492 e. The second kappa shape index (κ2) is 7.13. The Morgan fingerprint density at radius 1 is 1.16 bits per heavy atom. The van der Waals surface area contributed by atoms with Crippen molar-refractivity contribution in [3.05, 3.63) is 35.9 Å². The minimum Gasteiger partial charge on any atom is -0.390 e. The zero-order valence-corrected chi connectivity index (χ0v) is 12.4. The van der Waals surface area contributed by atoms with Crippen LogP contribution in [0.2, 0.25) is 6.04 Å². The van der Waals surface area contributed by atoms with Gasteiger partial charge in [-0.25, -0.2) is 0 Å². The fraction of sp³-hybridized carbons (Fsp3) is 0.538. The van der Waals surface area contributed by atoms with Crippen molar-refractivity contribution in [2.75, 3.05) is 13.6 Å². The van der Waals surface area contributed by atoms with Gasteiger partial charge in [0.05, 0.1) is 6.10 Å². The van der Waals surface area contributed by atoms with E-state index < -0.39 is 14.9 Å². The van der Waals surface area contributed by atoms with Crippen LogP contribution in [-0.4, -0.2) is 52.8 Å². The Morgan fingerprint density at radius 3 is 2.26 bits per heavy atom. The number of likely N-dealkylation sites (N-methyl/N-ethyl adjacent to an activating group) is 1. The van der Waals surface area contributed by atoms with E-state index in [1.807, 2.05) is 49.2 Å². The molecule has 1 rings (SSSR count). The summed E-state index contributed by atoms with van der Waals surface area (Å²) in [5.74, 6) is 0. The smallest absolute Gasteiger partial charge is 0.390 e. The largest absolute Gasteiger partial charge is 0.492 e. The first-order chi connectivity index (χ1) is 8.81. The molecule has 0 unspecified atom stereocenters. The summed E-state index contributed by atoms with van der Waals surface area (Å²) in [5, 5.41) is 10.2. The van der Waals surface area contributed by atoms with Gasteiger partial charge < -0.3 is 24.4 Å². The summed E-state index contributed by atoms with van der Waals surface area (Å²) < 4.78 is 0. The van der Waals surface area contributed by atoms with Crippen LogP contribution in [0.25, 0.3) is 0 Å². The van der Waals surface area contributed by atoms with E-state index in [2.05, 4.69) is 0 Å². The average molecular weight is 285 g/mol. The van der Waals surface area contributed by atoms with Gasteiger partial charge in [-0.3, -0.25) is 0 Å². The zero-order chi connectivity index (χ0) is 14.5. The number of rotatable bonds is 7. The standard InChI is InChI=1S/C13H23NO4Si/c1-11(13(15)12-7-4-3-5-8-12)14(2)9-6-10-19(16,17)18/h3-5,7-8,11,13,15-18H,6,9-10H2,1-2H3/t11-,13-/m0/s1. The van der Waals surface area contributed by atoms with Gasteiger partial charge in [0.2, 0.25) is 0 Å². The number of aliphatic hydroxyl groups excluding tert-OH is 1. The van der Waals surface area contributed by atoms with Crippen molar-refractivity contribution in [3.8, 4) is 0 Å². The highest BCUT2D eigenvalue weighted by atomic mass is 28.4. The van der Waals surface area contributed by atoms with E-state index in [1.54, 1.807) is 0 Å². The molecular formula is C13H23NO4Si. The van der Waals surface area contributed by atoms with Gasteiger partial charge in [0.15, 0.2) is 0 Å². The van der Waals surface area contributed by atoms with E-state index in [1.165, 1.54) is 0 Å². The Balaban J connectivity index is 2.46. The van der Waals surface area contributed by atoms with Crippen LogP contribution in [-0.2, 0) is 0 Å². The normalized spacial score (nSPS) is 15.5. The van der Waals surface area contributed by atoms with E-state index in [4.69, 9.17) is 14.4 Å². The molecule has 0 amide bonds. The summed E-state index contributed by atoms with van der Waals surface area (Å²) in [6.07, 6.45) is -0.108. The summed E-state index contributed by atoms with van der Waals surface area (Å²) in [6, 6.07) is 9.35. The fourth-order valence-electron chi connectivity index (χ4n) is 1.94. The summed E-state index contributed by atoms with van der Waals surface area (Å²) >= 11 is 0. The molecule has 0 spiro atoms. The minimum atomic E-state index is -3.94. The third-order valence-electron chi connectivity index (χ3n) is 3.32. The number of nitrogens with zero attached hydrogens (tertiary/aromatic N) is 1. The number of benzene rings is 1. The Kier molecular flexibility index (Phi) is 6.12. The topological polar surface area (TPSA) is 84.2 Å². The molecule has 0 heterocycles. The van der Waals surface area contributed by atoms with Gasteiger partial charge >= 0.3 is 8.80 Å². The third-order valence-corrected chi connectivity index (χ3v) is 4.34. The highest BCUT2D eigenvalue weighted by Crippen LogP contribution is 2.20. The summed E-state index contributed by atoms with van der Waals surface area (Å²) in [4.78, 5) is 28.8. The molecule has 0 saturated carbocycles. The van der Waals surface area contributed by atoms with E-state index in [0.717, 1.165) is 5.56 Å². The van der Waals surface area contributed by atoms with Crippen molar-refractivity contribution in [2.24, 2.45) is 0 Å². The predicted octanol–water partition coefficient (Wildman–Crippen LogP) is 0.346. The molecule has 2 atom stereocenters. The molecule has 5 nitrogen and oxygen atoms in total. The number of hydrogen-bond donors (Lipinski definition) is 4. The van der Waals surface area contributed by atoms with E-state index >= 15 is 0 Å². The maximum atomic E-state index is 10.2. The minimum absolute atomic E-state index is 0.0193. The van der Waals surface area contributed by atoms with Gasteiger partial charge in [0.1, 0.15) is 0 Å². The molecule has 4 N–H and O–H groups in total. The molecule has 19 heavy (non-hydrogen) atoms.